The molecule has 1 heterocycles. The minimum Gasteiger partial charge on any atom is -0.342 e. The maximum atomic E-state index is 12.4. The van der Waals surface area contributed by atoms with Crippen molar-refractivity contribution in [2.45, 2.75) is 59.3 Å². The number of fused-ring (bicyclic) bond motifs is 1. The van der Waals surface area contributed by atoms with E-state index in [9.17, 15) is 4.79 Å². The fraction of sp³-hybridized carbons (Fsp3) is 0.933. The molecule has 0 aromatic carbocycles. The molecular weight excluding hydrogens is 210 g/mol. The van der Waals surface area contributed by atoms with Crippen molar-refractivity contribution < 1.29 is 4.79 Å². The molecule has 0 radical (unpaired) electrons. The van der Waals surface area contributed by atoms with E-state index in [0.717, 1.165) is 25.9 Å². The molecule has 1 aliphatic carbocycles. The first-order valence-corrected chi connectivity index (χ1v) is 7.26. The summed E-state index contributed by atoms with van der Waals surface area (Å²) in [6.07, 6.45) is 7.42. The van der Waals surface area contributed by atoms with Crippen LogP contribution < -0.4 is 0 Å². The van der Waals surface area contributed by atoms with Gasteiger partial charge in [0.05, 0.1) is 0 Å². The smallest absolute Gasteiger partial charge is 0.225 e. The minimum atomic E-state index is 0.337. The quantitative estimate of drug-likeness (QED) is 0.720. The highest BCUT2D eigenvalue weighted by Gasteiger charge is 2.37. The number of piperidine rings is 1. The first-order chi connectivity index (χ1) is 7.97. The zero-order valence-corrected chi connectivity index (χ0v) is 11.7. The van der Waals surface area contributed by atoms with Gasteiger partial charge in [-0.25, -0.2) is 0 Å². The van der Waals surface area contributed by atoms with Gasteiger partial charge in [0.1, 0.15) is 0 Å². The van der Waals surface area contributed by atoms with Gasteiger partial charge in [-0.1, -0.05) is 33.6 Å². The van der Waals surface area contributed by atoms with Crippen molar-refractivity contribution in [1.82, 2.24) is 4.90 Å². The molecule has 0 spiro atoms. The van der Waals surface area contributed by atoms with E-state index in [1.54, 1.807) is 0 Å². The second-order valence-electron chi connectivity index (χ2n) is 7.08. The van der Waals surface area contributed by atoms with Crippen LogP contribution in [0.2, 0.25) is 0 Å². The number of hydrogen-bond donors (Lipinski definition) is 0. The zero-order valence-electron chi connectivity index (χ0n) is 11.7. The van der Waals surface area contributed by atoms with Gasteiger partial charge in [0, 0.05) is 19.0 Å². The van der Waals surface area contributed by atoms with E-state index in [1.807, 2.05) is 0 Å². The summed E-state index contributed by atoms with van der Waals surface area (Å²) in [5, 5.41) is 0. The Morgan fingerprint density at radius 3 is 2.59 bits per heavy atom. The number of carbonyl (C=O) groups excluding carboxylic acids is 1. The Bertz CT molecular complexity index is 279. The molecule has 0 unspecified atom stereocenters. The molecule has 0 aromatic heterocycles. The van der Waals surface area contributed by atoms with E-state index in [1.165, 1.54) is 25.7 Å². The van der Waals surface area contributed by atoms with Crippen molar-refractivity contribution in [3.63, 3.8) is 0 Å². The zero-order chi connectivity index (χ0) is 12.5. The SMILES string of the molecule is CC(C)(C)CCN1CC[C@H]2CCCC[C@@H]2C1=O. The van der Waals surface area contributed by atoms with Crippen LogP contribution in [0.15, 0.2) is 0 Å². The molecule has 0 N–H and O–H groups in total. The molecule has 2 fully saturated rings. The maximum absolute atomic E-state index is 12.4. The van der Waals surface area contributed by atoms with Crippen LogP contribution >= 0.6 is 0 Å². The molecule has 0 aromatic rings. The van der Waals surface area contributed by atoms with Crippen LogP contribution in [0.4, 0.5) is 0 Å². The summed E-state index contributed by atoms with van der Waals surface area (Å²) in [6, 6.07) is 0. The largest absolute Gasteiger partial charge is 0.342 e. The molecule has 98 valence electrons. The van der Waals surface area contributed by atoms with Gasteiger partial charge in [-0.3, -0.25) is 4.79 Å². The van der Waals surface area contributed by atoms with Gasteiger partial charge in [-0.05, 0) is 37.0 Å². The van der Waals surface area contributed by atoms with E-state index in [0.29, 0.717) is 23.2 Å². The topological polar surface area (TPSA) is 20.3 Å². The predicted molar refractivity (Wildman–Crippen MR) is 70.7 cm³/mol. The van der Waals surface area contributed by atoms with Crippen LogP contribution in [0.1, 0.15) is 59.3 Å². The molecule has 1 amide bonds. The standard InChI is InChI=1S/C15H27NO/c1-15(2,3)9-11-16-10-8-12-6-4-5-7-13(12)14(16)17/h12-13H,4-11H2,1-3H3/t12-,13+/m1/s1. The molecule has 1 aliphatic heterocycles. The Hall–Kier alpha value is -0.530. The molecule has 2 aliphatic rings. The Labute approximate surface area is 106 Å². The van der Waals surface area contributed by atoms with Crippen molar-refractivity contribution in [2.24, 2.45) is 17.3 Å². The average Bonchev–Trinajstić information content (AvgIpc) is 2.27. The van der Waals surface area contributed by atoms with E-state index in [4.69, 9.17) is 0 Å². The summed E-state index contributed by atoms with van der Waals surface area (Å²) in [7, 11) is 0. The molecule has 1 saturated carbocycles. The van der Waals surface area contributed by atoms with Gasteiger partial charge in [-0.2, -0.15) is 0 Å². The maximum Gasteiger partial charge on any atom is 0.225 e. The van der Waals surface area contributed by atoms with Crippen LogP contribution in [-0.4, -0.2) is 23.9 Å². The fourth-order valence-corrected chi connectivity index (χ4v) is 3.24. The summed E-state index contributed by atoms with van der Waals surface area (Å²) >= 11 is 0. The summed E-state index contributed by atoms with van der Waals surface area (Å²) in [4.78, 5) is 14.5. The number of nitrogens with zero attached hydrogens (tertiary/aromatic N) is 1. The minimum absolute atomic E-state index is 0.337. The van der Waals surface area contributed by atoms with E-state index < -0.39 is 0 Å². The molecule has 0 bridgehead atoms. The summed E-state index contributed by atoms with van der Waals surface area (Å²) < 4.78 is 0. The lowest BCUT2D eigenvalue weighted by Gasteiger charge is -2.41. The van der Waals surface area contributed by atoms with Crippen LogP contribution in [0.3, 0.4) is 0 Å². The van der Waals surface area contributed by atoms with Crippen molar-refractivity contribution in [3.05, 3.63) is 0 Å². The summed E-state index contributed by atoms with van der Waals surface area (Å²) in [5.74, 6) is 1.55. The van der Waals surface area contributed by atoms with Crippen molar-refractivity contribution in [3.8, 4) is 0 Å². The number of amides is 1. The van der Waals surface area contributed by atoms with Gasteiger partial charge in [0.25, 0.3) is 0 Å². The summed E-state index contributed by atoms with van der Waals surface area (Å²) in [5.41, 5.74) is 0.337. The molecule has 2 atom stereocenters. The van der Waals surface area contributed by atoms with E-state index >= 15 is 0 Å². The van der Waals surface area contributed by atoms with E-state index in [2.05, 4.69) is 25.7 Å². The Morgan fingerprint density at radius 1 is 1.18 bits per heavy atom. The first-order valence-electron chi connectivity index (χ1n) is 7.26. The van der Waals surface area contributed by atoms with E-state index in [-0.39, 0.29) is 0 Å². The Kier molecular flexibility index (Phi) is 3.79. The van der Waals surface area contributed by atoms with Gasteiger partial charge in [-0.15, -0.1) is 0 Å². The third-order valence-corrected chi connectivity index (χ3v) is 4.44. The lowest BCUT2D eigenvalue weighted by Crippen LogP contribution is -2.47. The highest BCUT2D eigenvalue weighted by Crippen LogP contribution is 2.37. The monoisotopic (exact) mass is 237 g/mol. The van der Waals surface area contributed by atoms with Gasteiger partial charge in [0.15, 0.2) is 0 Å². The van der Waals surface area contributed by atoms with Crippen molar-refractivity contribution >= 4 is 5.91 Å². The second kappa shape index (κ2) is 4.99. The van der Waals surface area contributed by atoms with Gasteiger partial charge < -0.3 is 4.90 Å². The fourth-order valence-electron chi connectivity index (χ4n) is 3.24. The first kappa shape index (κ1) is 12.9. The summed E-state index contributed by atoms with van der Waals surface area (Å²) in [6.45, 7) is 8.74. The highest BCUT2D eigenvalue weighted by atomic mass is 16.2. The molecule has 1 saturated heterocycles. The van der Waals surface area contributed by atoms with Crippen LogP contribution in [0.5, 0.6) is 0 Å². The van der Waals surface area contributed by atoms with Crippen LogP contribution in [0, 0.1) is 17.3 Å². The van der Waals surface area contributed by atoms with Crippen molar-refractivity contribution in [2.75, 3.05) is 13.1 Å². The molecule has 2 nitrogen and oxygen atoms in total. The normalized spacial score (nSPS) is 30.3. The molecule has 2 heteroatoms. The lowest BCUT2D eigenvalue weighted by molar-refractivity contribution is -0.143. The third kappa shape index (κ3) is 3.23. The predicted octanol–water partition coefficient (Wildman–Crippen LogP) is 3.46. The molecular formula is C15H27NO. The van der Waals surface area contributed by atoms with Gasteiger partial charge in [0.2, 0.25) is 5.91 Å². The Morgan fingerprint density at radius 2 is 1.88 bits per heavy atom. The third-order valence-electron chi connectivity index (χ3n) is 4.44. The number of carbonyl (C=O) groups is 1. The molecule has 17 heavy (non-hydrogen) atoms. The van der Waals surface area contributed by atoms with Crippen LogP contribution in [0.25, 0.3) is 0 Å². The number of likely N-dealkylation sites (tertiary alicyclic amines) is 1. The molecule has 2 rings (SSSR count). The number of hydrogen-bond acceptors (Lipinski definition) is 1. The highest BCUT2D eigenvalue weighted by molar-refractivity contribution is 5.80. The Balaban J connectivity index is 1.90. The van der Waals surface area contributed by atoms with Crippen LogP contribution in [-0.2, 0) is 4.79 Å². The second-order valence-corrected chi connectivity index (χ2v) is 7.08. The van der Waals surface area contributed by atoms with Crippen molar-refractivity contribution in [1.29, 1.82) is 0 Å². The number of rotatable bonds is 2. The average molecular weight is 237 g/mol. The van der Waals surface area contributed by atoms with Gasteiger partial charge >= 0.3 is 0 Å². The lowest BCUT2D eigenvalue weighted by atomic mass is 9.74.